The maximum atomic E-state index is 6.12. The molecule has 0 amide bonds. The Hall–Kier alpha value is -0.0800. The fourth-order valence-electron chi connectivity index (χ4n) is 3.03. The summed E-state index contributed by atoms with van der Waals surface area (Å²) in [5.41, 5.74) is 0.116. The van der Waals surface area contributed by atoms with Crippen LogP contribution in [0.5, 0.6) is 0 Å². The smallest absolute Gasteiger partial charge is 0.0662 e. The fraction of sp³-hybridized carbons (Fsp3) is 1.00. The van der Waals surface area contributed by atoms with Crippen LogP contribution in [0.25, 0.3) is 0 Å². The molecule has 0 saturated carbocycles. The Kier molecular flexibility index (Phi) is 4.42. The van der Waals surface area contributed by atoms with Crippen LogP contribution >= 0.6 is 0 Å². The molecule has 1 rings (SSSR count). The van der Waals surface area contributed by atoms with E-state index in [0.29, 0.717) is 12.0 Å². The van der Waals surface area contributed by atoms with Gasteiger partial charge in [-0.05, 0) is 66.3 Å². The highest BCUT2D eigenvalue weighted by atomic mass is 16.5. The van der Waals surface area contributed by atoms with Crippen LogP contribution in [0.15, 0.2) is 0 Å². The van der Waals surface area contributed by atoms with Crippen LogP contribution in [-0.2, 0) is 4.74 Å². The molecule has 0 bridgehead atoms. The average molecular weight is 227 g/mol. The Bertz CT molecular complexity index is 223. The monoisotopic (exact) mass is 227 g/mol. The fourth-order valence-corrected chi connectivity index (χ4v) is 3.03. The molecule has 0 spiro atoms. The topological polar surface area (TPSA) is 21.3 Å². The predicted octanol–water partition coefficient (Wildman–Crippen LogP) is 3.36. The second-order valence-corrected chi connectivity index (χ2v) is 6.40. The zero-order chi connectivity index (χ0) is 12.4. The highest BCUT2D eigenvalue weighted by Crippen LogP contribution is 2.44. The first-order valence-corrected chi connectivity index (χ1v) is 6.70. The Morgan fingerprint density at radius 1 is 1.31 bits per heavy atom. The van der Waals surface area contributed by atoms with Gasteiger partial charge in [0.25, 0.3) is 0 Å². The van der Waals surface area contributed by atoms with E-state index in [1.165, 1.54) is 19.3 Å². The van der Waals surface area contributed by atoms with Crippen molar-refractivity contribution in [1.82, 2.24) is 5.32 Å². The van der Waals surface area contributed by atoms with Crippen molar-refractivity contribution >= 4 is 0 Å². The lowest BCUT2D eigenvalue weighted by Gasteiger charge is -2.28. The van der Waals surface area contributed by atoms with Crippen molar-refractivity contribution in [1.29, 1.82) is 0 Å². The van der Waals surface area contributed by atoms with E-state index in [9.17, 15) is 0 Å². The number of nitrogens with one attached hydrogen (secondary N) is 1. The summed E-state index contributed by atoms with van der Waals surface area (Å²) >= 11 is 0. The van der Waals surface area contributed by atoms with E-state index in [4.69, 9.17) is 4.74 Å². The van der Waals surface area contributed by atoms with Gasteiger partial charge in [0.15, 0.2) is 0 Å². The Morgan fingerprint density at radius 2 is 1.94 bits per heavy atom. The molecule has 1 fully saturated rings. The van der Waals surface area contributed by atoms with Crippen LogP contribution in [0.4, 0.5) is 0 Å². The van der Waals surface area contributed by atoms with Crippen LogP contribution in [-0.4, -0.2) is 23.8 Å². The van der Waals surface area contributed by atoms with Gasteiger partial charge in [-0.2, -0.15) is 0 Å². The molecule has 1 aliphatic heterocycles. The van der Waals surface area contributed by atoms with Gasteiger partial charge in [-0.25, -0.2) is 0 Å². The van der Waals surface area contributed by atoms with Gasteiger partial charge in [-0.3, -0.25) is 0 Å². The molecule has 1 aliphatic rings. The van der Waals surface area contributed by atoms with E-state index in [1.807, 2.05) is 0 Å². The molecule has 0 radical (unpaired) electrons. The minimum atomic E-state index is 0.0510. The summed E-state index contributed by atoms with van der Waals surface area (Å²) in [6.45, 7) is 14.4. The lowest BCUT2D eigenvalue weighted by Crippen LogP contribution is -2.31. The lowest BCUT2D eigenvalue weighted by molar-refractivity contribution is -0.0754. The molecule has 1 N–H and O–H groups in total. The van der Waals surface area contributed by atoms with Gasteiger partial charge in [0.1, 0.15) is 0 Å². The predicted molar refractivity (Wildman–Crippen MR) is 69.7 cm³/mol. The van der Waals surface area contributed by atoms with Crippen molar-refractivity contribution < 1.29 is 4.74 Å². The van der Waals surface area contributed by atoms with Gasteiger partial charge in [0.05, 0.1) is 11.2 Å². The first-order chi connectivity index (χ1) is 7.27. The molecular formula is C14H29NO. The molecule has 2 nitrogen and oxygen atoms in total. The molecule has 2 atom stereocenters. The van der Waals surface area contributed by atoms with Crippen LogP contribution in [0, 0.1) is 5.92 Å². The average Bonchev–Trinajstić information content (AvgIpc) is 2.31. The highest BCUT2D eigenvalue weighted by Gasteiger charge is 2.45. The molecule has 0 aromatic rings. The van der Waals surface area contributed by atoms with E-state index in [2.05, 4.69) is 46.9 Å². The van der Waals surface area contributed by atoms with Gasteiger partial charge in [-0.1, -0.05) is 6.92 Å². The summed E-state index contributed by atoms with van der Waals surface area (Å²) in [6, 6.07) is 0.629. The molecule has 0 aliphatic carbocycles. The summed E-state index contributed by atoms with van der Waals surface area (Å²) in [6.07, 6.45) is 3.71. The van der Waals surface area contributed by atoms with E-state index in [-0.39, 0.29) is 11.2 Å². The van der Waals surface area contributed by atoms with Crippen molar-refractivity contribution in [3.05, 3.63) is 0 Å². The zero-order valence-corrected chi connectivity index (χ0v) is 11.9. The van der Waals surface area contributed by atoms with Crippen LogP contribution in [0.2, 0.25) is 0 Å². The molecule has 16 heavy (non-hydrogen) atoms. The van der Waals surface area contributed by atoms with Gasteiger partial charge >= 0.3 is 0 Å². The normalized spacial score (nSPS) is 29.2. The summed E-state index contributed by atoms with van der Waals surface area (Å²) in [7, 11) is 0. The van der Waals surface area contributed by atoms with Gasteiger partial charge in [-0.15, -0.1) is 0 Å². The van der Waals surface area contributed by atoms with Gasteiger partial charge in [0, 0.05) is 6.04 Å². The maximum Gasteiger partial charge on any atom is 0.0662 e. The standard InChI is InChI=1S/C14H29NO/c1-7-15-11(2)8-9-12-10-13(3,4)16-14(12,5)6/h11-12,15H,7-10H2,1-6H3. The summed E-state index contributed by atoms with van der Waals surface area (Å²) in [5, 5.41) is 3.48. The first kappa shape index (κ1) is 14.0. The third kappa shape index (κ3) is 3.74. The molecule has 1 saturated heterocycles. The number of rotatable bonds is 5. The zero-order valence-electron chi connectivity index (χ0n) is 11.9. The molecule has 0 aromatic carbocycles. The van der Waals surface area contributed by atoms with Crippen LogP contribution < -0.4 is 5.32 Å². The van der Waals surface area contributed by atoms with E-state index < -0.39 is 0 Å². The first-order valence-electron chi connectivity index (χ1n) is 6.70. The third-order valence-corrected chi connectivity index (χ3v) is 3.76. The molecule has 2 heteroatoms. The molecule has 1 heterocycles. The second-order valence-electron chi connectivity index (χ2n) is 6.40. The van der Waals surface area contributed by atoms with Crippen molar-refractivity contribution in [2.75, 3.05) is 6.54 Å². The van der Waals surface area contributed by atoms with Crippen molar-refractivity contribution in [2.45, 2.75) is 78.0 Å². The highest BCUT2D eigenvalue weighted by molar-refractivity contribution is 4.94. The minimum Gasteiger partial charge on any atom is -0.369 e. The SMILES string of the molecule is CCNC(C)CCC1CC(C)(C)OC1(C)C. The third-order valence-electron chi connectivity index (χ3n) is 3.76. The van der Waals surface area contributed by atoms with Crippen LogP contribution in [0.3, 0.4) is 0 Å². The van der Waals surface area contributed by atoms with Crippen molar-refractivity contribution in [3.63, 3.8) is 0 Å². The number of hydrogen-bond acceptors (Lipinski definition) is 2. The molecule has 2 unspecified atom stereocenters. The molecular weight excluding hydrogens is 198 g/mol. The summed E-state index contributed by atoms with van der Waals surface area (Å²) in [5.74, 6) is 0.698. The Labute approximate surface area is 101 Å². The van der Waals surface area contributed by atoms with E-state index in [0.717, 1.165) is 6.54 Å². The molecule has 96 valence electrons. The van der Waals surface area contributed by atoms with E-state index in [1.54, 1.807) is 0 Å². The minimum absolute atomic E-state index is 0.0510. The van der Waals surface area contributed by atoms with Crippen molar-refractivity contribution in [2.24, 2.45) is 5.92 Å². The number of hydrogen-bond donors (Lipinski definition) is 1. The van der Waals surface area contributed by atoms with Gasteiger partial charge < -0.3 is 10.1 Å². The quantitative estimate of drug-likeness (QED) is 0.777. The molecule has 0 aromatic heterocycles. The summed E-state index contributed by atoms with van der Waals surface area (Å²) in [4.78, 5) is 0. The Morgan fingerprint density at radius 3 is 2.38 bits per heavy atom. The Balaban J connectivity index is 2.42. The largest absolute Gasteiger partial charge is 0.369 e. The van der Waals surface area contributed by atoms with Crippen molar-refractivity contribution in [3.8, 4) is 0 Å². The van der Waals surface area contributed by atoms with E-state index >= 15 is 0 Å². The van der Waals surface area contributed by atoms with Gasteiger partial charge in [0.2, 0.25) is 0 Å². The van der Waals surface area contributed by atoms with Crippen LogP contribution in [0.1, 0.15) is 60.8 Å². The number of ether oxygens (including phenoxy) is 1. The summed E-state index contributed by atoms with van der Waals surface area (Å²) < 4.78 is 6.12. The lowest BCUT2D eigenvalue weighted by atomic mass is 9.83. The maximum absolute atomic E-state index is 6.12. The second kappa shape index (κ2) is 5.05.